The normalized spacial score (nSPS) is 15.9. The molecule has 1 aromatic rings. The van der Waals surface area contributed by atoms with Crippen LogP contribution < -0.4 is 5.32 Å². The van der Waals surface area contributed by atoms with E-state index >= 15 is 0 Å². The second kappa shape index (κ2) is 5.96. The van der Waals surface area contributed by atoms with Crippen LogP contribution in [0, 0.1) is 18.8 Å². The minimum absolute atomic E-state index is 0.214. The summed E-state index contributed by atoms with van der Waals surface area (Å²) >= 11 is 1.79. The predicted molar refractivity (Wildman–Crippen MR) is 76.6 cm³/mol. The summed E-state index contributed by atoms with van der Waals surface area (Å²) in [6, 6.07) is 0. The Morgan fingerprint density at radius 1 is 1.29 bits per heavy atom. The zero-order chi connectivity index (χ0) is 13.1. The van der Waals surface area contributed by atoms with E-state index in [9.17, 15) is 0 Å². The quantitative estimate of drug-likeness (QED) is 0.867. The zero-order valence-electron chi connectivity index (χ0n) is 12.0. The van der Waals surface area contributed by atoms with Gasteiger partial charge in [-0.15, -0.1) is 11.3 Å². The van der Waals surface area contributed by atoms with Crippen molar-refractivity contribution in [3.8, 4) is 0 Å². The molecule has 0 radical (unpaired) electrons. The van der Waals surface area contributed by atoms with Gasteiger partial charge in [0.25, 0.3) is 0 Å². The van der Waals surface area contributed by atoms with Crippen molar-refractivity contribution < 1.29 is 0 Å². The van der Waals surface area contributed by atoms with Crippen molar-refractivity contribution in [3.05, 3.63) is 16.1 Å². The molecule has 17 heavy (non-hydrogen) atoms. The monoisotopic (exact) mass is 254 g/mol. The second-order valence-electron chi connectivity index (χ2n) is 6.17. The molecule has 1 rings (SSSR count). The molecule has 0 aliphatic heterocycles. The van der Waals surface area contributed by atoms with Gasteiger partial charge in [0.1, 0.15) is 0 Å². The largest absolute Gasteiger partial charge is 0.312 e. The van der Waals surface area contributed by atoms with Crippen molar-refractivity contribution in [3.63, 3.8) is 0 Å². The number of thiazole rings is 1. The van der Waals surface area contributed by atoms with E-state index in [1.165, 1.54) is 5.01 Å². The van der Waals surface area contributed by atoms with E-state index in [4.69, 9.17) is 0 Å². The fourth-order valence-electron chi connectivity index (χ4n) is 1.64. The molecule has 0 aliphatic rings. The summed E-state index contributed by atoms with van der Waals surface area (Å²) in [5.41, 5.74) is 1.36. The number of rotatable bonds is 5. The second-order valence-corrected chi connectivity index (χ2v) is 7.11. The molecule has 0 amide bonds. The average Bonchev–Trinajstić information content (AvgIpc) is 2.59. The molecule has 0 spiro atoms. The summed E-state index contributed by atoms with van der Waals surface area (Å²) in [4.78, 5) is 4.54. The molecular weight excluding hydrogens is 228 g/mol. The first-order valence-electron chi connectivity index (χ1n) is 6.44. The van der Waals surface area contributed by atoms with Crippen molar-refractivity contribution in [2.75, 3.05) is 6.54 Å². The van der Waals surface area contributed by atoms with Crippen molar-refractivity contribution in [1.29, 1.82) is 0 Å². The lowest BCUT2D eigenvalue weighted by Gasteiger charge is -2.26. The molecule has 0 aliphatic carbocycles. The molecule has 1 heterocycles. The van der Waals surface area contributed by atoms with Gasteiger partial charge in [-0.1, -0.05) is 13.8 Å². The van der Waals surface area contributed by atoms with Crippen LogP contribution in [0.3, 0.4) is 0 Å². The Bertz CT molecular complexity index is 338. The van der Waals surface area contributed by atoms with E-state index in [1.54, 1.807) is 11.3 Å². The molecular formula is C14H26N2S. The highest BCUT2D eigenvalue weighted by Crippen LogP contribution is 2.19. The third-order valence-electron chi connectivity index (χ3n) is 3.09. The molecule has 0 saturated carbocycles. The molecule has 2 nitrogen and oxygen atoms in total. The molecule has 0 fully saturated rings. The number of hydrogen-bond donors (Lipinski definition) is 1. The van der Waals surface area contributed by atoms with E-state index in [2.05, 4.69) is 57.2 Å². The molecule has 98 valence electrons. The lowest BCUT2D eigenvalue weighted by atomic mass is 9.92. The van der Waals surface area contributed by atoms with E-state index in [0.29, 0.717) is 11.8 Å². The van der Waals surface area contributed by atoms with Gasteiger partial charge in [0.15, 0.2) is 0 Å². The Balaban J connectivity index is 2.39. The molecule has 1 aromatic heterocycles. The van der Waals surface area contributed by atoms with Crippen molar-refractivity contribution in [1.82, 2.24) is 10.3 Å². The lowest BCUT2D eigenvalue weighted by Crippen LogP contribution is -2.40. The minimum atomic E-state index is 0.214. The highest BCUT2D eigenvalue weighted by molar-refractivity contribution is 7.09. The Hall–Kier alpha value is -0.410. The van der Waals surface area contributed by atoms with E-state index < -0.39 is 0 Å². The summed E-state index contributed by atoms with van der Waals surface area (Å²) < 4.78 is 0. The summed E-state index contributed by atoms with van der Waals surface area (Å²) in [6.45, 7) is 14.4. The van der Waals surface area contributed by atoms with Crippen LogP contribution in [0.4, 0.5) is 0 Å². The fraction of sp³-hybridized carbons (Fsp3) is 0.786. The Morgan fingerprint density at radius 2 is 1.94 bits per heavy atom. The number of aromatic nitrogens is 1. The van der Waals surface area contributed by atoms with Gasteiger partial charge < -0.3 is 5.32 Å². The van der Waals surface area contributed by atoms with Crippen molar-refractivity contribution in [2.45, 2.75) is 53.5 Å². The summed E-state index contributed by atoms with van der Waals surface area (Å²) in [5.74, 6) is 1.36. The van der Waals surface area contributed by atoms with Gasteiger partial charge in [-0.05, 0) is 46.1 Å². The Kier molecular flexibility index (Phi) is 5.14. The van der Waals surface area contributed by atoms with Crippen LogP contribution in [-0.2, 0) is 6.42 Å². The SMILES string of the molecule is Cc1csc(CC(C)C(C)CNC(C)(C)C)n1. The maximum atomic E-state index is 4.54. The lowest BCUT2D eigenvalue weighted by molar-refractivity contribution is 0.317. The molecule has 0 bridgehead atoms. The minimum Gasteiger partial charge on any atom is -0.312 e. The highest BCUT2D eigenvalue weighted by atomic mass is 32.1. The molecule has 3 heteroatoms. The van der Waals surface area contributed by atoms with E-state index in [1.807, 2.05) is 0 Å². The molecule has 2 atom stereocenters. The van der Waals surface area contributed by atoms with Gasteiger partial charge in [0.2, 0.25) is 0 Å². The Morgan fingerprint density at radius 3 is 2.41 bits per heavy atom. The smallest absolute Gasteiger partial charge is 0.0930 e. The molecule has 0 saturated heterocycles. The maximum absolute atomic E-state index is 4.54. The van der Waals surface area contributed by atoms with Crippen LogP contribution in [0.2, 0.25) is 0 Å². The first-order chi connectivity index (χ1) is 7.78. The van der Waals surface area contributed by atoms with E-state index in [0.717, 1.165) is 18.7 Å². The van der Waals surface area contributed by atoms with Gasteiger partial charge in [-0.2, -0.15) is 0 Å². The zero-order valence-corrected chi connectivity index (χ0v) is 12.8. The first kappa shape index (κ1) is 14.7. The molecule has 1 N–H and O–H groups in total. The summed E-state index contributed by atoms with van der Waals surface area (Å²) in [5, 5.41) is 6.99. The summed E-state index contributed by atoms with van der Waals surface area (Å²) in [6.07, 6.45) is 1.10. The average molecular weight is 254 g/mol. The first-order valence-corrected chi connectivity index (χ1v) is 7.32. The topological polar surface area (TPSA) is 24.9 Å². The van der Waals surface area contributed by atoms with Gasteiger partial charge >= 0.3 is 0 Å². The van der Waals surface area contributed by atoms with Gasteiger partial charge in [0, 0.05) is 23.0 Å². The summed E-state index contributed by atoms with van der Waals surface area (Å²) in [7, 11) is 0. The highest BCUT2D eigenvalue weighted by Gasteiger charge is 2.17. The van der Waals surface area contributed by atoms with E-state index in [-0.39, 0.29) is 5.54 Å². The van der Waals surface area contributed by atoms with Crippen LogP contribution in [0.1, 0.15) is 45.3 Å². The molecule has 0 aromatic carbocycles. The van der Waals surface area contributed by atoms with Crippen LogP contribution in [0.15, 0.2) is 5.38 Å². The van der Waals surface area contributed by atoms with Gasteiger partial charge in [-0.25, -0.2) is 4.98 Å². The van der Waals surface area contributed by atoms with Crippen LogP contribution in [-0.4, -0.2) is 17.1 Å². The Labute approximate surface area is 110 Å². The van der Waals surface area contributed by atoms with Crippen LogP contribution in [0.25, 0.3) is 0 Å². The third kappa shape index (κ3) is 5.64. The standard InChI is InChI=1S/C14H26N2S/c1-10(7-13-16-12(3)9-17-13)11(2)8-15-14(4,5)6/h9-11,15H,7-8H2,1-6H3. The fourth-order valence-corrected chi connectivity index (χ4v) is 2.56. The van der Waals surface area contributed by atoms with Gasteiger partial charge in [0.05, 0.1) is 5.01 Å². The number of hydrogen-bond acceptors (Lipinski definition) is 3. The third-order valence-corrected chi connectivity index (χ3v) is 4.08. The van der Waals surface area contributed by atoms with Crippen molar-refractivity contribution >= 4 is 11.3 Å². The van der Waals surface area contributed by atoms with Crippen molar-refractivity contribution in [2.24, 2.45) is 11.8 Å². The molecule has 2 unspecified atom stereocenters. The maximum Gasteiger partial charge on any atom is 0.0930 e. The predicted octanol–water partition coefficient (Wildman–Crippen LogP) is 3.65. The number of aryl methyl sites for hydroxylation is 1. The van der Waals surface area contributed by atoms with Crippen LogP contribution >= 0.6 is 11.3 Å². The van der Waals surface area contributed by atoms with Crippen LogP contribution in [0.5, 0.6) is 0 Å². The number of nitrogens with zero attached hydrogens (tertiary/aromatic N) is 1. The number of nitrogens with one attached hydrogen (secondary N) is 1. The van der Waals surface area contributed by atoms with Gasteiger partial charge in [-0.3, -0.25) is 0 Å².